The molecule has 8 heteroatoms. The topological polar surface area (TPSA) is 84.5 Å². The normalized spacial score (nSPS) is 11.1. The van der Waals surface area contributed by atoms with Crippen LogP contribution < -0.4 is 14.8 Å². The van der Waals surface area contributed by atoms with Crippen molar-refractivity contribution in [2.24, 2.45) is 0 Å². The SMILES string of the molecule is Cc1ccc(S(=O)(=O)Nc2ccc(C(=O)NCCOc3ccc(C)c(Cl)c3)cc2)cc1. The summed E-state index contributed by atoms with van der Waals surface area (Å²) in [4.78, 5) is 12.5. The van der Waals surface area contributed by atoms with Gasteiger partial charge < -0.3 is 10.1 Å². The number of anilines is 1. The number of carbonyl (C=O) groups is 1. The molecule has 0 radical (unpaired) electrons. The number of hydrogen-bond acceptors (Lipinski definition) is 4. The first kappa shape index (κ1) is 22.7. The lowest BCUT2D eigenvalue weighted by Crippen LogP contribution is -2.28. The first-order chi connectivity index (χ1) is 14.7. The monoisotopic (exact) mass is 458 g/mol. The molecule has 0 aliphatic heterocycles. The van der Waals surface area contributed by atoms with Crippen LogP contribution in [0.2, 0.25) is 5.02 Å². The Bertz CT molecular complexity index is 1160. The number of ether oxygens (including phenoxy) is 1. The van der Waals surface area contributed by atoms with Crippen molar-refractivity contribution in [1.82, 2.24) is 5.32 Å². The van der Waals surface area contributed by atoms with Crippen molar-refractivity contribution in [2.45, 2.75) is 18.7 Å². The predicted octanol–water partition coefficient (Wildman–Crippen LogP) is 4.57. The standard InChI is InChI=1S/C23H23ClN2O4S/c1-16-3-11-21(12-4-16)31(28,29)26-19-8-6-18(7-9-19)23(27)25-13-14-30-20-10-5-17(2)22(24)15-20/h3-12,15,26H,13-14H2,1-2H3,(H,25,27). The molecule has 6 nitrogen and oxygen atoms in total. The van der Waals surface area contributed by atoms with Crippen LogP contribution >= 0.6 is 11.6 Å². The van der Waals surface area contributed by atoms with E-state index in [-0.39, 0.29) is 10.8 Å². The van der Waals surface area contributed by atoms with Crippen LogP contribution in [0.3, 0.4) is 0 Å². The van der Waals surface area contributed by atoms with Crippen LogP contribution in [0.4, 0.5) is 5.69 Å². The molecule has 0 aromatic heterocycles. The maximum absolute atomic E-state index is 12.5. The number of nitrogens with one attached hydrogen (secondary N) is 2. The molecular weight excluding hydrogens is 436 g/mol. The molecule has 0 atom stereocenters. The van der Waals surface area contributed by atoms with Gasteiger partial charge in [0.05, 0.1) is 11.4 Å². The molecule has 0 spiro atoms. The van der Waals surface area contributed by atoms with Crippen molar-refractivity contribution >= 4 is 33.2 Å². The number of carbonyl (C=O) groups excluding carboxylic acids is 1. The van der Waals surface area contributed by atoms with E-state index in [0.717, 1.165) is 11.1 Å². The maximum Gasteiger partial charge on any atom is 0.261 e. The average Bonchev–Trinajstić information content (AvgIpc) is 2.74. The van der Waals surface area contributed by atoms with Crippen LogP contribution in [0.5, 0.6) is 5.75 Å². The van der Waals surface area contributed by atoms with E-state index in [1.165, 1.54) is 0 Å². The number of rotatable bonds is 8. The van der Waals surface area contributed by atoms with Gasteiger partial charge in [0.15, 0.2) is 0 Å². The molecule has 1 amide bonds. The molecule has 0 heterocycles. The van der Waals surface area contributed by atoms with Crippen molar-refractivity contribution in [3.8, 4) is 5.75 Å². The minimum Gasteiger partial charge on any atom is -0.492 e. The number of amides is 1. The number of halogens is 1. The number of benzene rings is 3. The van der Waals surface area contributed by atoms with Gasteiger partial charge in [0, 0.05) is 16.3 Å². The summed E-state index contributed by atoms with van der Waals surface area (Å²) in [5.74, 6) is 0.355. The quantitative estimate of drug-likeness (QED) is 0.484. The highest BCUT2D eigenvalue weighted by Gasteiger charge is 2.14. The number of hydrogen-bond donors (Lipinski definition) is 2. The van der Waals surface area contributed by atoms with E-state index in [9.17, 15) is 13.2 Å². The molecule has 2 N–H and O–H groups in total. The van der Waals surface area contributed by atoms with Crippen LogP contribution in [0.15, 0.2) is 71.6 Å². The highest BCUT2D eigenvalue weighted by molar-refractivity contribution is 7.92. The van der Waals surface area contributed by atoms with Gasteiger partial charge in [0.25, 0.3) is 15.9 Å². The van der Waals surface area contributed by atoms with Crippen LogP contribution in [-0.2, 0) is 10.0 Å². The Labute approximate surface area is 187 Å². The zero-order valence-corrected chi connectivity index (χ0v) is 18.8. The highest BCUT2D eigenvalue weighted by atomic mass is 35.5. The molecule has 31 heavy (non-hydrogen) atoms. The zero-order valence-electron chi connectivity index (χ0n) is 17.2. The molecule has 0 aliphatic carbocycles. The third kappa shape index (κ3) is 6.23. The van der Waals surface area contributed by atoms with Gasteiger partial charge in [-0.25, -0.2) is 8.42 Å². The van der Waals surface area contributed by atoms with E-state index in [4.69, 9.17) is 16.3 Å². The van der Waals surface area contributed by atoms with Crippen molar-refractivity contribution in [1.29, 1.82) is 0 Å². The Balaban J connectivity index is 1.51. The van der Waals surface area contributed by atoms with Gasteiger partial charge in [-0.2, -0.15) is 0 Å². The fraction of sp³-hybridized carbons (Fsp3) is 0.174. The summed E-state index contributed by atoms with van der Waals surface area (Å²) in [7, 11) is -3.69. The van der Waals surface area contributed by atoms with Gasteiger partial charge in [-0.15, -0.1) is 0 Å². The van der Waals surface area contributed by atoms with Crippen LogP contribution in [-0.4, -0.2) is 27.5 Å². The van der Waals surface area contributed by atoms with Crippen molar-refractivity contribution < 1.29 is 17.9 Å². The second kappa shape index (κ2) is 9.85. The third-order valence-electron chi connectivity index (χ3n) is 4.53. The second-order valence-electron chi connectivity index (χ2n) is 7.01. The molecule has 3 rings (SSSR count). The Morgan fingerprint density at radius 2 is 1.65 bits per heavy atom. The summed E-state index contributed by atoms with van der Waals surface area (Å²) in [6.45, 7) is 4.40. The minimum absolute atomic E-state index is 0.176. The Morgan fingerprint density at radius 1 is 0.968 bits per heavy atom. The van der Waals surface area contributed by atoms with Crippen LogP contribution in [0, 0.1) is 13.8 Å². The second-order valence-corrected chi connectivity index (χ2v) is 9.10. The van der Waals surface area contributed by atoms with Crippen molar-refractivity contribution in [3.63, 3.8) is 0 Å². The summed E-state index contributed by atoms with van der Waals surface area (Å²) >= 11 is 6.06. The molecular formula is C23H23ClN2O4S. The van der Waals surface area contributed by atoms with E-state index < -0.39 is 10.0 Å². The molecule has 0 fully saturated rings. The molecule has 162 valence electrons. The van der Waals surface area contributed by atoms with Gasteiger partial charge in [0.1, 0.15) is 12.4 Å². The van der Waals surface area contributed by atoms with Gasteiger partial charge in [0.2, 0.25) is 0 Å². The summed E-state index contributed by atoms with van der Waals surface area (Å²) in [5, 5.41) is 3.38. The minimum atomic E-state index is -3.69. The van der Waals surface area contributed by atoms with Gasteiger partial charge in [-0.05, 0) is 67.9 Å². The largest absolute Gasteiger partial charge is 0.492 e. The van der Waals surface area contributed by atoms with Gasteiger partial charge in [-0.1, -0.05) is 35.4 Å². The Morgan fingerprint density at radius 3 is 2.29 bits per heavy atom. The lowest BCUT2D eigenvalue weighted by Gasteiger charge is -2.10. The van der Waals surface area contributed by atoms with Crippen LogP contribution in [0.25, 0.3) is 0 Å². The third-order valence-corrected chi connectivity index (χ3v) is 6.33. The Kier molecular flexibility index (Phi) is 7.20. The van der Waals surface area contributed by atoms with Gasteiger partial charge >= 0.3 is 0 Å². The summed E-state index contributed by atoms with van der Waals surface area (Å²) in [6, 6.07) is 18.2. The summed E-state index contributed by atoms with van der Waals surface area (Å²) < 4.78 is 33.0. The van der Waals surface area contributed by atoms with Crippen LogP contribution in [0.1, 0.15) is 21.5 Å². The number of aryl methyl sites for hydroxylation is 2. The summed E-state index contributed by atoms with van der Waals surface area (Å²) in [5.41, 5.74) is 2.72. The molecule has 0 bridgehead atoms. The molecule has 0 unspecified atom stereocenters. The predicted molar refractivity (Wildman–Crippen MR) is 122 cm³/mol. The van der Waals surface area contributed by atoms with E-state index in [1.54, 1.807) is 54.6 Å². The lowest BCUT2D eigenvalue weighted by molar-refractivity contribution is 0.0947. The maximum atomic E-state index is 12.5. The zero-order chi connectivity index (χ0) is 22.4. The van der Waals surface area contributed by atoms with Crippen molar-refractivity contribution in [2.75, 3.05) is 17.9 Å². The molecule has 3 aromatic carbocycles. The lowest BCUT2D eigenvalue weighted by atomic mass is 10.2. The van der Waals surface area contributed by atoms with Gasteiger partial charge in [-0.3, -0.25) is 9.52 Å². The van der Waals surface area contributed by atoms with Crippen molar-refractivity contribution in [3.05, 3.63) is 88.4 Å². The van der Waals surface area contributed by atoms with E-state index in [0.29, 0.717) is 35.2 Å². The molecule has 3 aromatic rings. The smallest absolute Gasteiger partial charge is 0.261 e. The summed E-state index contributed by atoms with van der Waals surface area (Å²) in [6.07, 6.45) is 0. The first-order valence-corrected chi connectivity index (χ1v) is 11.5. The molecule has 0 saturated heterocycles. The fourth-order valence-corrected chi connectivity index (χ4v) is 3.95. The molecule has 0 aliphatic rings. The first-order valence-electron chi connectivity index (χ1n) is 9.61. The number of sulfonamides is 1. The van der Waals surface area contributed by atoms with E-state index in [1.807, 2.05) is 26.0 Å². The van der Waals surface area contributed by atoms with E-state index in [2.05, 4.69) is 10.0 Å². The highest BCUT2D eigenvalue weighted by Crippen LogP contribution is 2.21. The fourth-order valence-electron chi connectivity index (χ4n) is 2.72. The average molecular weight is 459 g/mol. The Hall–Kier alpha value is -3.03. The molecule has 0 saturated carbocycles. The van der Waals surface area contributed by atoms with E-state index >= 15 is 0 Å².